The van der Waals surface area contributed by atoms with Crippen molar-refractivity contribution in [1.29, 1.82) is 0 Å². The van der Waals surface area contributed by atoms with Crippen LogP contribution in [0.15, 0.2) is 12.3 Å². The number of anilines is 1. The van der Waals surface area contributed by atoms with E-state index in [1.807, 2.05) is 6.20 Å². The van der Waals surface area contributed by atoms with E-state index in [2.05, 4.69) is 57.5 Å². The van der Waals surface area contributed by atoms with Crippen LogP contribution in [-0.2, 0) is 9.31 Å². The lowest BCUT2D eigenvalue weighted by atomic mass is 9.77. The number of nitrogens with zero attached hydrogens (tertiary/aromatic N) is 2. The number of pyridine rings is 1. The summed E-state index contributed by atoms with van der Waals surface area (Å²) in [5, 5.41) is 0. The van der Waals surface area contributed by atoms with E-state index < -0.39 is 0 Å². The largest absolute Gasteiger partial charge is 0.496 e. The highest BCUT2D eigenvalue weighted by molar-refractivity contribution is 6.62. The van der Waals surface area contributed by atoms with Gasteiger partial charge in [-0.05, 0) is 58.6 Å². The average Bonchev–Trinajstić information content (AvgIpc) is 2.91. The smallest absolute Gasteiger partial charge is 0.399 e. The fraction of sp³-hybridized carbons (Fsp3) is 0.706. The van der Waals surface area contributed by atoms with Crippen molar-refractivity contribution in [1.82, 2.24) is 4.98 Å². The molecule has 120 valence electrons. The van der Waals surface area contributed by atoms with Crippen LogP contribution in [0, 0.1) is 12.8 Å². The molecule has 22 heavy (non-hydrogen) atoms. The lowest BCUT2D eigenvalue weighted by molar-refractivity contribution is 0.00578. The van der Waals surface area contributed by atoms with Crippen LogP contribution < -0.4 is 10.4 Å². The second-order valence-corrected chi connectivity index (χ2v) is 7.83. The Balaban J connectivity index is 1.82. The fourth-order valence-corrected chi connectivity index (χ4v) is 3.08. The molecule has 0 saturated carbocycles. The van der Waals surface area contributed by atoms with Crippen molar-refractivity contribution in [3.8, 4) is 0 Å². The lowest BCUT2D eigenvalue weighted by Gasteiger charge is -2.32. The summed E-state index contributed by atoms with van der Waals surface area (Å²) in [7, 11) is -0.330. The maximum atomic E-state index is 6.14. The van der Waals surface area contributed by atoms with Gasteiger partial charge in [0.2, 0.25) is 0 Å². The highest BCUT2D eigenvalue weighted by Gasteiger charge is 2.52. The monoisotopic (exact) mass is 302 g/mol. The van der Waals surface area contributed by atoms with E-state index in [0.29, 0.717) is 0 Å². The van der Waals surface area contributed by atoms with Crippen molar-refractivity contribution in [2.24, 2.45) is 5.92 Å². The van der Waals surface area contributed by atoms with E-state index in [-0.39, 0.29) is 18.3 Å². The normalized spacial score (nSPS) is 26.7. The fourth-order valence-electron chi connectivity index (χ4n) is 3.08. The standard InChI is InChI=1S/C17H27BN2O2/c1-12-7-8-20(11-12)15-9-13(2)14(10-19-15)18-21-16(3,4)17(5,6)22-18/h9-10,12H,7-8,11H2,1-6H3. The molecule has 0 aromatic carbocycles. The third kappa shape index (κ3) is 2.65. The number of aromatic nitrogens is 1. The van der Waals surface area contributed by atoms with Gasteiger partial charge in [-0.15, -0.1) is 0 Å². The Morgan fingerprint density at radius 2 is 1.86 bits per heavy atom. The van der Waals surface area contributed by atoms with Gasteiger partial charge in [-0.3, -0.25) is 0 Å². The molecule has 3 rings (SSSR count). The molecule has 2 saturated heterocycles. The third-order valence-electron chi connectivity index (χ3n) is 5.39. The second kappa shape index (κ2) is 5.24. The molecular weight excluding hydrogens is 275 g/mol. The summed E-state index contributed by atoms with van der Waals surface area (Å²) in [6, 6.07) is 2.17. The molecule has 2 fully saturated rings. The maximum absolute atomic E-state index is 6.14. The predicted molar refractivity (Wildman–Crippen MR) is 90.7 cm³/mol. The Morgan fingerprint density at radius 1 is 1.23 bits per heavy atom. The third-order valence-corrected chi connectivity index (χ3v) is 5.39. The highest BCUT2D eigenvalue weighted by atomic mass is 16.7. The lowest BCUT2D eigenvalue weighted by Crippen LogP contribution is -2.41. The Bertz CT molecular complexity index is 558. The first-order valence-electron chi connectivity index (χ1n) is 8.27. The van der Waals surface area contributed by atoms with Crippen molar-refractivity contribution in [2.75, 3.05) is 18.0 Å². The van der Waals surface area contributed by atoms with Gasteiger partial charge in [0, 0.05) is 24.7 Å². The molecule has 0 radical (unpaired) electrons. The van der Waals surface area contributed by atoms with Crippen LogP contribution in [0.4, 0.5) is 5.82 Å². The van der Waals surface area contributed by atoms with E-state index in [9.17, 15) is 0 Å². The molecule has 0 N–H and O–H groups in total. The van der Waals surface area contributed by atoms with Gasteiger partial charge in [0.05, 0.1) is 11.2 Å². The van der Waals surface area contributed by atoms with Gasteiger partial charge < -0.3 is 14.2 Å². The van der Waals surface area contributed by atoms with Gasteiger partial charge in [-0.2, -0.15) is 0 Å². The van der Waals surface area contributed by atoms with Crippen LogP contribution in [0.2, 0.25) is 0 Å². The van der Waals surface area contributed by atoms with Crippen LogP contribution >= 0.6 is 0 Å². The van der Waals surface area contributed by atoms with Gasteiger partial charge in [-0.1, -0.05) is 6.92 Å². The van der Waals surface area contributed by atoms with Crippen molar-refractivity contribution in [2.45, 2.75) is 59.2 Å². The zero-order chi connectivity index (χ0) is 16.1. The number of hydrogen-bond acceptors (Lipinski definition) is 4. The molecule has 5 heteroatoms. The summed E-state index contributed by atoms with van der Waals surface area (Å²) in [6.45, 7) is 14.9. The van der Waals surface area contributed by atoms with Crippen molar-refractivity contribution in [3.05, 3.63) is 17.8 Å². The Kier molecular flexibility index (Phi) is 3.77. The van der Waals surface area contributed by atoms with Crippen LogP contribution in [0.5, 0.6) is 0 Å². The Labute approximate surface area is 134 Å². The maximum Gasteiger partial charge on any atom is 0.496 e. The molecule has 2 aliphatic rings. The summed E-state index contributed by atoms with van der Waals surface area (Å²) in [5.74, 6) is 1.83. The molecular formula is C17H27BN2O2. The van der Waals surface area contributed by atoms with Crippen LogP contribution in [-0.4, -0.2) is 36.4 Å². The first kappa shape index (κ1) is 15.8. The highest BCUT2D eigenvalue weighted by Crippen LogP contribution is 2.36. The van der Waals surface area contributed by atoms with Gasteiger partial charge >= 0.3 is 7.12 Å². The molecule has 0 amide bonds. The molecule has 1 unspecified atom stereocenters. The minimum atomic E-state index is -0.330. The summed E-state index contributed by atoms with van der Waals surface area (Å²) in [5.41, 5.74) is 1.60. The second-order valence-electron chi connectivity index (χ2n) is 7.83. The minimum absolute atomic E-state index is 0.312. The van der Waals surface area contributed by atoms with Crippen LogP contribution in [0.25, 0.3) is 0 Å². The summed E-state index contributed by atoms with van der Waals surface area (Å²) in [6.07, 6.45) is 3.18. The van der Waals surface area contributed by atoms with Crippen LogP contribution in [0.1, 0.15) is 46.6 Å². The molecule has 0 spiro atoms. The van der Waals surface area contributed by atoms with E-state index in [0.717, 1.165) is 30.3 Å². The molecule has 0 aliphatic carbocycles. The SMILES string of the molecule is Cc1cc(N2CCC(C)C2)ncc1B1OC(C)(C)C(C)(C)O1. The Hall–Kier alpha value is -1.07. The molecule has 1 atom stereocenters. The van der Waals surface area contributed by atoms with Gasteiger partial charge in [0.25, 0.3) is 0 Å². The van der Waals surface area contributed by atoms with Gasteiger partial charge in [0.15, 0.2) is 0 Å². The molecule has 4 nitrogen and oxygen atoms in total. The average molecular weight is 302 g/mol. The molecule has 1 aromatic heterocycles. The number of hydrogen-bond donors (Lipinski definition) is 0. The molecule has 0 bridgehead atoms. The predicted octanol–water partition coefficient (Wildman–Crippen LogP) is 2.54. The zero-order valence-electron chi connectivity index (χ0n) is 14.6. The van der Waals surface area contributed by atoms with Gasteiger partial charge in [0.1, 0.15) is 5.82 Å². The molecule has 2 aliphatic heterocycles. The minimum Gasteiger partial charge on any atom is -0.399 e. The van der Waals surface area contributed by atoms with E-state index in [1.54, 1.807) is 0 Å². The molecule has 1 aromatic rings. The van der Waals surface area contributed by atoms with Crippen molar-refractivity contribution >= 4 is 18.4 Å². The van der Waals surface area contributed by atoms with E-state index in [1.165, 1.54) is 12.0 Å². The quantitative estimate of drug-likeness (QED) is 0.786. The summed E-state index contributed by atoms with van der Waals surface area (Å²) in [4.78, 5) is 7.03. The van der Waals surface area contributed by atoms with E-state index in [4.69, 9.17) is 9.31 Å². The number of aryl methyl sites for hydroxylation is 1. The van der Waals surface area contributed by atoms with Crippen molar-refractivity contribution in [3.63, 3.8) is 0 Å². The first-order valence-corrected chi connectivity index (χ1v) is 8.27. The molecule has 3 heterocycles. The van der Waals surface area contributed by atoms with E-state index >= 15 is 0 Å². The van der Waals surface area contributed by atoms with Crippen LogP contribution in [0.3, 0.4) is 0 Å². The Morgan fingerprint density at radius 3 is 2.36 bits per heavy atom. The zero-order valence-corrected chi connectivity index (χ0v) is 14.6. The summed E-state index contributed by atoms with van der Waals surface area (Å²) < 4.78 is 12.3. The van der Waals surface area contributed by atoms with Gasteiger partial charge in [-0.25, -0.2) is 4.98 Å². The first-order chi connectivity index (χ1) is 10.2. The topological polar surface area (TPSA) is 34.6 Å². The summed E-state index contributed by atoms with van der Waals surface area (Å²) >= 11 is 0. The van der Waals surface area contributed by atoms with Crippen molar-refractivity contribution < 1.29 is 9.31 Å². The number of rotatable bonds is 2.